The summed E-state index contributed by atoms with van der Waals surface area (Å²) >= 11 is 0. The Hall–Kier alpha value is -4.02. The Morgan fingerprint density at radius 1 is 0.889 bits per heavy atom. The Balaban J connectivity index is 1.55. The van der Waals surface area contributed by atoms with Crippen molar-refractivity contribution in [2.24, 2.45) is 0 Å². The van der Waals surface area contributed by atoms with Gasteiger partial charge in [-0.15, -0.1) is 0 Å². The van der Waals surface area contributed by atoms with Gasteiger partial charge in [0.05, 0.1) is 4.92 Å². The number of halogens is 5. The molecule has 2 amide bonds. The van der Waals surface area contributed by atoms with E-state index in [4.69, 9.17) is 0 Å². The summed E-state index contributed by atoms with van der Waals surface area (Å²) in [5.74, 6) is -0.870. The van der Waals surface area contributed by atoms with Crippen molar-refractivity contribution in [3.05, 3.63) is 105 Å². The number of nitrogens with zero attached hydrogens (tertiary/aromatic N) is 1. The molecule has 0 unspecified atom stereocenters. The third kappa shape index (κ3) is 7.24. The SMILES string of the molecule is O=C(NCCCCC(c1ccc(F)cc1)c1ccc(F)cc1)Nc1ccc([N+](=O)[O-])c(C(F)(F)F)c1. The first-order chi connectivity index (χ1) is 17.0. The summed E-state index contributed by atoms with van der Waals surface area (Å²) in [5, 5.41) is 15.6. The molecule has 0 aliphatic heterocycles. The molecule has 190 valence electrons. The second-order valence-corrected chi connectivity index (χ2v) is 8.02. The number of nitro benzene ring substituents is 1. The minimum absolute atomic E-state index is 0.124. The number of hydrogen-bond acceptors (Lipinski definition) is 3. The predicted molar refractivity (Wildman–Crippen MR) is 124 cm³/mol. The van der Waals surface area contributed by atoms with Crippen LogP contribution in [0, 0.1) is 21.7 Å². The van der Waals surface area contributed by atoms with Gasteiger partial charge >= 0.3 is 12.2 Å². The molecule has 2 N–H and O–H groups in total. The molecule has 36 heavy (non-hydrogen) atoms. The first-order valence-electron chi connectivity index (χ1n) is 11.0. The molecule has 0 aromatic heterocycles. The van der Waals surface area contributed by atoms with E-state index in [1.807, 2.05) is 0 Å². The Bertz CT molecular complexity index is 1150. The molecule has 0 fully saturated rings. The maximum Gasteiger partial charge on any atom is 0.423 e. The molecule has 0 spiro atoms. The summed E-state index contributed by atoms with van der Waals surface area (Å²) in [5.41, 5.74) is -1.10. The third-order valence-corrected chi connectivity index (χ3v) is 5.51. The van der Waals surface area contributed by atoms with Crippen LogP contribution in [0.15, 0.2) is 66.7 Å². The van der Waals surface area contributed by atoms with Gasteiger partial charge in [0, 0.05) is 24.2 Å². The van der Waals surface area contributed by atoms with Gasteiger partial charge in [-0.25, -0.2) is 13.6 Å². The lowest BCUT2D eigenvalue weighted by molar-refractivity contribution is -0.388. The van der Waals surface area contributed by atoms with E-state index in [-0.39, 0.29) is 29.8 Å². The number of nitro groups is 1. The van der Waals surface area contributed by atoms with Gasteiger partial charge in [0.1, 0.15) is 17.2 Å². The number of carbonyl (C=O) groups excluding carboxylic acids is 1. The van der Waals surface area contributed by atoms with E-state index >= 15 is 0 Å². The lowest BCUT2D eigenvalue weighted by Crippen LogP contribution is -2.29. The second kappa shape index (κ2) is 11.6. The van der Waals surface area contributed by atoms with Gasteiger partial charge in [0.25, 0.3) is 5.69 Å². The van der Waals surface area contributed by atoms with Gasteiger partial charge in [0.15, 0.2) is 0 Å². The largest absolute Gasteiger partial charge is 0.423 e. The summed E-state index contributed by atoms with van der Waals surface area (Å²) in [6.07, 6.45) is -3.17. The van der Waals surface area contributed by atoms with Gasteiger partial charge in [-0.2, -0.15) is 13.2 Å². The highest BCUT2D eigenvalue weighted by Gasteiger charge is 2.38. The highest BCUT2D eigenvalue weighted by Crippen LogP contribution is 2.37. The molecule has 0 aliphatic carbocycles. The number of hydrogen-bond donors (Lipinski definition) is 2. The van der Waals surface area contributed by atoms with Gasteiger partial charge in [-0.05, 0) is 60.4 Å². The molecule has 0 radical (unpaired) electrons. The molecule has 3 rings (SSSR count). The van der Waals surface area contributed by atoms with Crippen LogP contribution in [0.4, 0.5) is 38.1 Å². The molecule has 0 saturated carbocycles. The molecule has 3 aromatic rings. The Morgan fingerprint density at radius 2 is 1.44 bits per heavy atom. The van der Waals surface area contributed by atoms with E-state index in [1.165, 1.54) is 24.3 Å². The van der Waals surface area contributed by atoms with Crippen molar-refractivity contribution in [1.29, 1.82) is 0 Å². The minimum atomic E-state index is -4.96. The average molecular weight is 507 g/mol. The van der Waals surface area contributed by atoms with Gasteiger partial charge < -0.3 is 10.6 Å². The number of benzene rings is 3. The van der Waals surface area contributed by atoms with Gasteiger partial charge in [0.2, 0.25) is 0 Å². The van der Waals surface area contributed by atoms with Crippen LogP contribution < -0.4 is 10.6 Å². The van der Waals surface area contributed by atoms with Crippen LogP contribution >= 0.6 is 0 Å². The monoisotopic (exact) mass is 507 g/mol. The number of carbonyl (C=O) groups is 1. The zero-order chi connectivity index (χ0) is 26.3. The van der Waals surface area contributed by atoms with Gasteiger partial charge in [-0.1, -0.05) is 30.7 Å². The number of amides is 2. The molecule has 0 atom stereocenters. The summed E-state index contributed by atoms with van der Waals surface area (Å²) in [7, 11) is 0. The van der Waals surface area contributed by atoms with Crippen molar-refractivity contribution in [1.82, 2.24) is 5.32 Å². The fourth-order valence-corrected chi connectivity index (χ4v) is 3.77. The van der Waals surface area contributed by atoms with Crippen LogP contribution in [0.5, 0.6) is 0 Å². The lowest BCUT2D eigenvalue weighted by atomic mass is 9.87. The topological polar surface area (TPSA) is 84.3 Å². The Labute approximate surface area is 203 Å². The summed E-state index contributed by atoms with van der Waals surface area (Å²) in [6.45, 7) is 0.213. The average Bonchev–Trinajstić information content (AvgIpc) is 2.82. The summed E-state index contributed by atoms with van der Waals surface area (Å²) < 4.78 is 66.0. The molecule has 11 heteroatoms. The lowest BCUT2D eigenvalue weighted by Gasteiger charge is -2.18. The first-order valence-corrected chi connectivity index (χ1v) is 11.0. The predicted octanol–water partition coefficient (Wildman–Crippen LogP) is 7.02. The van der Waals surface area contributed by atoms with Crippen LogP contribution in [0.3, 0.4) is 0 Å². The molecule has 3 aromatic carbocycles. The molecule has 6 nitrogen and oxygen atoms in total. The van der Waals surface area contributed by atoms with Gasteiger partial charge in [-0.3, -0.25) is 10.1 Å². The van der Waals surface area contributed by atoms with Crippen molar-refractivity contribution in [2.75, 3.05) is 11.9 Å². The van der Waals surface area contributed by atoms with E-state index in [0.717, 1.165) is 17.2 Å². The van der Waals surface area contributed by atoms with Crippen LogP contribution in [0.25, 0.3) is 0 Å². The second-order valence-electron chi connectivity index (χ2n) is 8.02. The van der Waals surface area contributed by atoms with Crippen LogP contribution in [-0.4, -0.2) is 17.5 Å². The molecular formula is C25H22F5N3O3. The zero-order valence-corrected chi connectivity index (χ0v) is 18.8. The Morgan fingerprint density at radius 3 is 1.94 bits per heavy atom. The fraction of sp³-hybridized carbons (Fsp3) is 0.240. The fourth-order valence-electron chi connectivity index (χ4n) is 3.77. The molecular weight excluding hydrogens is 485 g/mol. The number of unbranched alkanes of at least 4 members (excludes halogenated alkanes) is 1. The molecule has 0 saturated heterocycles. The number of alkyl halides is 3. The van der Waals surface area contributed by atoms with E-state index in [0.29, 0.717) is 31.4 Å². The number of urea groups is 1. The smallest absolute Gasteiger partial charge is 0.338 e. The van der Waals surface area contributed by atoms with Crippen molar-refractivity contribution in [2.45, 2.75) is 31.4 Å². The highest BCUT2D eigenvalue weighted by atomic mass is 19.4. The number of nitrogens with one attached hydrogen (secondary N) is 2. The van der Waals surface area contributed by atoms with Crippen LogP contribution in [0.1, 0.15) is 41.9 Å². The molecule has 0 aliphatic rings. The quantitative estimate of drug-likeness (QED) is 0.141. The zero-order valence-electron chi connectivity index (χ0n) is 18.8. The molecule has 0 bridgehead atoms. The Kier molecular flexibility index (Phi) is 8.57. The van der Waals surface area contributed by atoms with Crippen LogP contribution in [-0.2, 0) is 6.18 Å². The maximum atomic E-state index is 13.3. The van der Waals surface area contributed by atoms with Crippen molar-refractivity contribution < 1.29 is 31.7 Å². The summed E-state index contributed by atoms with van der Waals surface area (Å²) in [6, 6.07) is 13.5. The summed E-state index contributed by atoms with van der Waals surface area (Å²) in [4.78, 5) is 21.8. The first kappa shape index (κ1) is 26.6. The maximum absolute atomic E-state index is 13.3. The third-order valence-electron chi connectivity index (χ3n) is 5.51. The molecule has 0 heterocycles. The number of anilines is 1. The standard InChI is InChI=1S/C25H22F5N3O3/c26-18-8-4-16(5-9-18)21(17-6-10-19(27)11-7-17)3-1-2-14-31-24(34)32-20-12-13-23(33(35)36)22(15-20)25(28,29)30/h4-13,15,21H,1-3,14H2,(H2,31,32,34). The van der Waals surface area contributed by atoms with E-state index in [2.05, 4.69) is 10.6 Å². The normalized spacial score (nSPS) is 11.4. The van der Waals surface area contributed by atoms with E-state index in [1.54, 1.807) is 24.3 Å². The van der Waals surface area contributed by atoms with Crippen molar-refractivity contribution in [3.8, 4) is 0 Å². The van der Waals surface area contributed by atoms with E-state index in [9.17, 15) is 36.9 Å². The van der Waals surface area contributed by atoms with E-state index < -0.39 is 28.4 Å². The van der Waals surface area contributed by atoms with Crippen LogP contribution in [0.2, 0.25) is 0 Å². The van der Waals surface area contributed by atoms with Crippen molar-refractivity contribution in [3.63, 3.8) is 0 Å². The highest BCUT2D eigenvalue weighted by molar-refractivity contribution is 5.89. The minimum Gasteiger partial charge on any atom is -0.338 e. The number of rotatable bonds is 9. The van der Waals surface area contributed by atoms with Crippen molar-refractivity contribution >= 4 is 17.4 Å².